The van der Waals surface area contributed by atoms with Crippen LogP contribution in [0.5, 0.6) is 0 Å². The average molecular weight is 184 g/mol. The fraction of sp³-hybridized carbons (Fsp3) is 1.00. The summed E-state index contributed by atoms with van der Waals surface area (Å²) in [5, 5.41) is 3.60. The van der Waals surface area contributed by atoms with Crippen molar-refractivity contribution in [1.29, 1.82) is 0 Å². The number of rotatable bonds is 3. The van der Waals surface area contributed by atoms with E-state index >= 15 is 0 Å². The lowest BCUT2D eigenvalue weighted by molar-refractivity contribution is -0.0455. The van der Waals surface area contributed by atoms with Crippen LogP contribution in [0.2, 0.25) is 0 Å². The first-order chi connectivity index (χ1) is 6.22. The third-order valence-electron chi connectivity index (χ3n) is 2.75. The molecular formula is C8H16N4O. The Bertz CT molecular complexity index is 204. The first kappa shape index (κ1) is 10.3. The van der Waals surface area contributed by atoms with E-state index in [0.717, 1.165) is 25.9 Å². The van der Waals surface area contributed by atoms with Gasteiger partial charge in [-0.25, -0.2) is 0 Å². The van der Waals surface area contributed by atoms with Crippen LogP contribution in [0.4, 0.5) is 0 Å². The Balaban J connectivity index is 2.54. The summed E-state index contributed by atoms with van der Waals surface area (Å²) in [7, 11) is 3.78. The van der Waals surface area contributed by atoms with Gasteiger partial charge in [-0.1, -0.05) is 5.11 Å². The number of azide groups is 1. The second kappa shape index (κ2) is 4.46. The van der Waals surface area contributed by atoms with Gasteiger partial charge in [-0.3, -0.25) is 0 Å². The van der Waals surface area contributed by atoms with Crippen LogP contribution in [0.25, 0.3) is 10.4 Å². The van der Waals surface area contributed by atoms with E-state index in [-0.39, 0.29) is 5.60 Å². The summed E-state index contributed by atoms with van der Waals surface area (Å²) in [6.07, 6.45) is 1.89. The molecule has 1 saturated heterocycles. The molecule has 0 aliphatic carbocycles. The summed E-state index contributed by atoms with van der Waals surface area (Å²) in [5.74, 6) is 0. The second-order valence-electron chi connectivity index (χ2n) is 3.58. The monoisotopic (exact) mass is 184 g/mol. The first-order valence-electron chi connectivity index (χ1n) is 4.47. The first-order valence-corrected chi connectivity index (χ1v) is 4.47. The highest BCUT2D eigenvalue weighted by atomic mass is 16.5. The summed E-state index contributed by atoms with van der Waals surface area (Å²) in [4.78, 5) is 5.03. The summed E-state index contributed by atoms with van der Waals surface area (Å²) >= 11 is 0. The Morgan fingerprint density at radius 3 is 2.62 bits per heavy atom. The Morgan fingerprint density at radius 1 is 1.54 bits per heavy atom. The van der Waals surface area contributed by atoms with E-state index in [9.17, 15) is 0 Å². The third-order valence-corrected chi connectivity index (χ3v) is 2.75. The fourth-order valence-corrected chi connectivity index (χ4v) is 1.61. The van der Waals surface area contributed by atoms with Crippen molar-refractivity contribution in [2.45, 2.75) is 18.4 Å². The van der Waals surface area contributed by atoms with Crippen molar-refractivity contribution in [3.8, 4) is 0 Å². The molecule has 0 amide bonds. The van der Waals surface area contributed by atoms with Crippen molar-refractivity contribution in [1.82, 2.24) is 4.90 Å². The van der Waals surface area contributed by atoms with Gasteiger partial charge in [0.1, 0.15) is 0 Å². The number of ether oxygens (including phenoxy) is 1. The number of methoxy groups -OCH3 is 1. The van der Waals surface area contributed by atoms with Gasteiger partial charge in [0.25, 0.3) is 0 Å². The molecule has 0 radical (unpaired) electrons. The minimum absolute atomic E-state index is 0.210. The lowest BCUT2D eigenvalue weighted by Gasteiger charge is -2.38. The number of nitrogens with zero attached hydrogens (tertiary/aromatic N) is 4. The third kappa shape index (κ3) is 2.59. The Hall–Kier alpha value is -0.770. The van der Waals surface area contributed by atoms with E-state index in [1.54, 1.807) is 7.11 Å². The van der Waals surface area contributed by atoms with Crippen LogP contribution in [-0.4, -0.2) is 44.3 Å². The van der Waals surface area contributed by atoms with Gasteiger partial charge in [0.05, 0.1) is 12.1 Å². The molecule has 74 valence electrons. The molecule has 0 saturated carbocycles. The molecule has 0 N–H and O–H groups in total. The molecule has 1 fully saturated rings. The fourth-order valence-electron chi connectivity index (χ4n) is 1.61. The Kier molecular flexibility index (Phi) is 3.54. The molecule has 0 aromatic rings. The molecule has 0 spiro atoms. The topological polar surface area (TPSA) is 61.2 Å². The van der Waals surface area contributed by atoms with Gasteiger partial charge >= 0.3 is 0 Å². The summed E-state index contributed by atoms with van der Waals surface area (Å²) in [5.41, 5.74) is 8.04. The van der Waals surface area contributed by atoms with Crippen molar-refractivity contribution in [2.75, 3.05) is 33.8 Å². The van der Waals surface area contributed by atoms with Gasteiger partial charge < -0.3 is 9.64 Å². The van der Waals surface area contributed by atoms with Crippen LogP contribution in [-0.2, 0) is 4.74 Å². The molecule has 1 rings (SSSR count). The summed E-state index contributed by atoms with van der Waals surface area (Å²) in [6.45, 7) is 2.47. The maximum absolute atomic E-state index is 8.25. The van der Waals surface area contributed by atoms with E-state index in [4.69, 9.17) is 10.3 Å². The quantitative estimate of drug-likeness (QED) is 0.378. The molecule has 1 aliphatic heterocycles. The predicted octanol–water partition coefficient (Wildman–Crippen LogP) is 1.41. The predicted molar refractivity (Wildman–Crippen MR) is 50.5 cm³/mol. The molecule has 5 heteroatoms. The standard InChI is InChI=1S/C8H16N4O/c1-12-5-3-8(13-2,4-6-12)7-10-11-9/h3-7H2,1-2H3. The summed E-state index contributed by atoms with van der Waals surface area (Å²) in [6, 6.07) is 0. The van der Waals surface area contributed by atoms with E-state index in [1.807, 2.05) is 0 Å². The van der Waals surface area contributed by atoms with E-state index < -0.39 is 0 Å². The number of hydrogen-bond donors (Lipinski definition) is 0. The molecule has 0 unspecified atom stereocenters. The van der Waals surface area contributed by atoms with Crippen molar-refractivity contribution in [3.63, 3.8) is 0 Å². The largest absolute Gasteiger partial charge is 0.378 e. The smallest absolute Gasteiger partial charge is 0.0759 e. The number of piperidine rings is 1. The summed E-state index contributed by atoms with van der Waals surface area (Å²) < 4.78 is 5.44. The normalized spacial score (nSPS) is 22.3. The van der Waals surface area contributed by atoms with Crippen molar-refractivity contribution >= 4 is 0 Å². The van der Waals surface area contributed by atoms with Crippen LogP contribution in [0.3, 0.4) is 0 Å². The highest BCUT2D eigenvalue weighted by Crippen LogP contribution is 2.25. The van der Waals surface area contributed by atoms with Gasteiger partial charge in [-0.15, -0.1) is 0 Å². The minimum Gasteiger partial charge on any atom is -0.378 e. The molecule has 0 bridgehead atoms. The van der Waals surface area contributed by atoms with E-state index in [0.29, 0.717) is 6.54 Å². The van der Waals surface area contributed by atoms with E-state index in [1.165, 1.54) is 0 Å². The molecule has 13 heavy (non-hydrogen) atoms. The number of likely N-dealkylation sites (tertiary alicyclic amines) is 1. The lowest BCUT2D eigenvalue weighted by atomic mass is 9.91. The minimum atomic E-state index is -0.210. The molecule has 0 aromatic carbocycles. The van der Waals surface area contributed by atoms with Gasteiger partial charge in [0.15, 0.2) is 0 Å². The lowest BCUT2D eigenvalue weighted by Crippen LogP contribution is -2.46. The zero-order chi connectivity index (χ0) is 9.73. The van der Waals surface area contributed by atoms with Crippen LogP contribution >= 0.6 is 0 Å². The van der Waals surface area contributed by atoms with Crippen molar-refractivity contribution in [3.05, 3.63) is 10.4 Å². The molecule has 5 nitrogen and oxygen atoms in total. The molecule has 1 aliphatic rings. The molecule has 0 atom stereocenters. The highest BCUT2D eigenvalue weighted by Gasteiger charge is 2.32. The SMILES string of the molecule is COC1(CN=[N+]=[N-])CCN(C)CC1. The van der Waals surface area contributed by atoms with Crippen molar-refractivity contribution < 1.29 is 4.74 Å². The molecule has 0 aromatic heterocycles. The van der Waals surface area contributed by atoms with Gasteiger partial charge in [-0.2, -0.15) is 0 Å². The Morgan fingerprint density at radius 2 is 2.15 bits per heavy atom. The highest BCUT2D eigenvalue weighted by molar-refractivity contribution is 4.88. The van der Waals surface area contributed by atoms with Gasteiger partial charge in [-0.05, 0) is 25.4 Å². The van der Waals surface area contributed by atoms with Crippen LogP contribution in [0.15, 0.2) is 5.11 Å². The zero-order valence-corrected chi connectivity index (χ0v) is 8.23. The maximum Gasteiger partial charge on any atom is 0.0759 e. The van der Waals surface area contributed by atoms with Crippen LogP contribution < -0.4 is 0 Å². The van der Waals surface area contributed by atoms with Gasteiger partial charge in [0, 0.05) is 25.1 Å². The zero-order valence-electron chi connectivity index (χ0n) is 8.23. The molecular weight excluding hydrogens is 168 g/mol. The average Bonchev–Trinajstić information content (AvgIpc) is 2.18. The van der Waals surface area contributed by atoms with Crippen LogP contribution in [0, 0.1) is 0 Å². The maximum atomic E-state index is 8.25. The van der Waals surface area contributed by atoms with Crippen LogP contribution in [0.1, 0.15) is 12.8 Å². The van der Waals surface area contributed by atoms with Crippen molar-refractivity contribution in [2.24, 2.45) is 5.11 Å². The Labute approximate surface area is 78.3 Å². The number of hydrogen-bond acceptors (Lipinski definition) is 3. The van der Waals surface area contributed by atoms with Gasteiger partial charge in [0.2, 0.25) is 0 Å². The van der Waals surface area contributed by atoms with E-state index in [2.05, 4.69) is 22.0 Å². The second-order valence-corrected chi connectivity index (χ2v) is 3.58. The molecule has 1 heterocycles.